The summed E-state index contributed by atoms with van der Waals surface area (Å²) in [5.41, 5.74) is 2.77. The number of rotatable bonds is 1. The fraction of sp³-hybridized carbons (Fsp3) is 0.800. The molecule has 4 heteroatoms. The lowest BCUT2D eigenvalue weighted by Crippen LogP contribution is -2.34. The summed E-state index contributed by atoms with van der Waals surface area (Å²) < 4.78 is 10.00. The highest BCUT2D eigenvalue weighted by Crippen LogP contribution is 1.97. The van der Waals surface area contributed by atoms with Crippen LogP contribution >= 0.6 is 0 Å². The lowest BCUT2D eigenvalue weighted by molar-refractivity contribution is -0.0681. The van der Waals surface area contributed by atoms with Gasteiger partial charge >= 0.3 is 0 Å². The van der Waals surface area contributed by atoms with Gasteiger partial charge in [-0.05, 0) is 0 Å². The van der Waals surface area contributed by atoms with Crippen molar-refractivity contribution in [2.75, 3.05) is 13.7 Å². The molecule has 1 aliphatic heterocycles. The third-order valence-corrected chi connectivity index (χ3v) is 1.06. The number of hydrogen-bond donors (Lipinski definition) is 1. The van der Waals surface area contributed by atoms with Crippen molar-refractivity contribution in [2.24, 2.45) is 5.10 Å². The van der Waals surface area contributed by atoms with Crippen molar-refractivity contribution >= 4 is 5.90 Å². The van der Waals surface area contributed by atoms with E-state index in [1.165, 1.54) is 0 Å². The maximum atomic E-state index is 5.10. The predicted octanol–water partition coefficient (Wildman–Crippen LogP) is -0.0879. The van der Waals surface area contributed by atoms with Crippen LogP contribution in [0.15, 0.2) is 5.10 Å². The second-order valence-electron chi connectivity index (χ2n) is 1.78. The molecule has 0 amide bonds. The number of ether oxygens (including phenoxy) is 2. The Labute approximate surface area is 53.8 Å². The smallest absolute Gasteiger partial charge is 0.220 e. The van der Waals surface area contributed by atoms with Gasteiger partial charge in [-0.3, -0.25) is 0 Å². The summed E-state index contributed by atoms with van der Waals surface area (Å²) in [6.45, 7) is 2.39. The van der Waals surface area contributed by atoms with Crippen LogP contribution in [0.4, 0.5) is 0 Å². The fourth-order valence-corrected chi connectivity index (χ4v) is 0.621. The maximum absolute atomic E-state index is 5.10. The monoisotopic (exact) mass is 130 g/mol. The highest BCUT2D eigenvalue weighted by atomic mass is 16.7. The predicted molar refractivity (Wildman–Crippen MR) is 33.0 cm³/mol. The highest BCUT2D eigenvalue weighted by Gasteiger charge is 2.12. The highest BCUT2D eigenvalue weighted by molar-refractivity contribution is 5.73. The molecule has 1 atom stereocenters. The van der Waals surface area contributed by atoms with Crippen molar-refractivity contribution < 1.29 is 9.47 Å². The summed E-state index contributed by atoms with van der Waals surface area (Å²) in [7, 11) is 1.60. The molecule has 52 valence electrons. The Bertz CT molecular complexity index is 124. The molecule has 1 unspecified atom stereocenters. The van der Waals surface area contributed by atoms with E-state index in [4.69, 9.17) is 9.47 Å². The van der Waals surface area contributed by atoms with Crippen molar-refractivity contribution in [3.05, 3.63) is 0 Å². The molecule has 1 N–H and O–H groups in total. The van der Waals surface area contributed by atoms with E-state index in [2.05, 4.69) is 10.5 Å². The van der Waals surface area contributed by atoms with Gasteiger partial charge < -0.3 is 14.9 Å². The zero-order chi connectivity index (χ0) is 6.69. The summed E-state index contributed by atoms with van der Waals surface area (Å²) in [5.74, 6) is 0.619. The average Bonchev–Trinajstić information content (AvgIpc) is 1.88. The standard InChI is InChI=1S/C5H10N2O2/c1-4-7-6-3-5(8-2)9-4/h5-6H,3H2,1-2H3. The van der Waals surface area contributed by atoms with Gasteiger partial charge in [0.15, 0.2) is 0 Å². The second kappa shape index (κ2) is 2.68. The quantitative estimate of drug-likeness (QED) is 0.539. The Hall–Kier alpha value is -0.770. The Kier molecular flexibility index (Phi) is 1.89. The van der Waals surface area contributed by atoms with Crippen LogP contribution in [0.2, 0.25) is 0 Å². The molecule has 1 aliphatic rings. The minimum absolute atomic E-state index is 0.178. The van der Waals surface area contributed by atoms with Crippen LogP contribution in [0.1, 0.15) is 6.92 Å². The lowest BCUT2D eigenvalue weighted by atomic mass is 10.6. The number of hydrogen-bond acceptors (Lipinski definition) is 4. The van der Waals surface area contributed by atoms with Gasteiger partial charge in [0.05, 0.1) is 6.54 Å². The van der Waals surface area contributed by atoms with Crippen LogP contribution in [0.5, 0.6) is 0 Å². The third-order valence-electron chi connectivity index (χ3n) is 1.06. The van der Waals surface area contributed by atoms with E-state index in [1.807, 2.05) is 0 Å². The number of nitrogens with one attached hydrogen (secondary N) is 1. The minimum atomic E-state index is -0.178. The molecule has 0 aliphatic carbocycles. The van der Waals surface area contributed by atoms with E-state index in [9.17, 15) is 0 Å². The van der Waals surface area contributed by atoms with Gasteiger partial charge in [0.25, 0.3) is 0 Å². The summed E-state index contributed by atoms with van der Waals surface area (Å²) in [6.07, 6.45) is -0.178. The number of hydrazone groups is 1. The van der Waals surface area contributed by atoms with Gasteiger partial charge in [0, 0.05) is 14.0 Å². The van der Waals surface area contributed by atoms with Gasteiger partial charge in [-0.25, -0.2) is 0 Å². The Balaban J connectivity index is 2.39. The molecular formula is C5H10N2O2. The second-order valence-corrected chi connectivity index (χ2v) is 1.78. The van der Waals surface area contributed by atoms with E-state index in [1.54, 1.807) is 14.0 Å². The molecule has 0 saturated carbocycles. The minimum Gasteiger partial charge on any atom is -0.448 e. The molecule has 1 heterocycles. The van der Waals surface area contributed by atoms with E-state index in [-0.39, 0.29) is 6.29 Å². The molecule has 0 bridgehead atoms. The van der Waals surface area contributed by atoms with Gasteiger partial charge in [-0.15, -0.1) is 5.10 Å². The van der Waals surface area contributed by atoms with Gasteiger partial charge in [0.1, 0.15) is 0 Å². The fourth-order valence-electron chi connectivity index (χ4n) is 0.621. The van der Waals surface area contributed by atoms with Crippen molar-refractivity contribution in [3.63, 3.8) is 0 Å². The maximum Gasteiger partial charge on any atom is 0.220 e. The number of methoxy groups -OCH3 is 1. The van der Waals surface area contributed by atoms with Gasteiger partial charge in [0.2, 0.25) is 12.2 Å². The normalized spacial score (nSPS) is 26.0. The topological polar surface area (TPSA) is 42.8 Å². The molecule has 9 heavy (non-hydrogen) atoms. The molecule has 0 spiro atoms. The van der Waals surface area contributed by atoms with E-state index in [0.717, 1.165) is 0 Å². The van der Waals surface area contributed by atoms with Crippen LogP contribution in [0.3, 0.4) is 0 Å². The Morgan fingerprint density at radius 1 is 1.89 bits per heavy atom. The molecule has 0 fully saturated rings. The lowest BCUT2D eigenvalue weighted by Gasteiger charge is -2.20. The zero-order valence-electron chi connectivity index (χ0n) is 5.55. The molecular weight excluding hydrogens is 120 g/mol. The molecule has 0 aromatic rings. The van der Waals surface area contributed by atoms with Crippen molar-refractivity contribution in [2.45, 2.75) is 13.2 Å². The van der Waals surface area contributed by atoms with E-state index in [0.29, 0.717) is 12.4 Å². The molecule has 0 aromatic carbocycles. The van der Waals surface area contributed by atoms with E-state index >= 15 is 0 Å². The van der Waals surface area contributed by atoms with Crippen molar-refractivity contribution in [1.82, 2.24) is 5.43 Å². The molecule has 0 saturated heterocycles. The van der Waals surface area contributed by atoms with Gasteiger partial charge in [-0.1, -0.05) is 0 Å². The summed E-state index contributed by atoms with van der Waals surface area (Å²) in [4.78, 5) is 0. The molecule has 4 nitrogen and oxygen atoms in total. The van der Waals surface area contributed by atoms with Crippen LogP contribution in [0.25, 0.3) is 0 Å². The first-order valence-corrected chi connectivity index (χ1v) is 2.79. The Morgan fingerprint density at radius 2 is 2.67 bits per heavy atom. The molecule has 0 aromatic heterocycles. The van der Waals surface area contributed by atoms with Crippen molar-refractivity contribution in [1.29, 1.82) is 0 Å². The number of nitrogens with zero attached hydrogens (tertiary/aromatic N) is 1. The molecule has 1 rings (SSSR count). The van der Waals surface area contributed by atoms with Crippen LogP contribution in [-0.4, -0.2) is 25.8 Å². The average molecular weight is 130 g/mol. The first-order valence-electron chi connectivity index (χ1n) is 2.79. The first-order chi connectivity index (χ1) is 4.33. The zero-order valence-corrected chi connectivity index (χ0v) is 5.55. The third kappa shape index (κ3) is 1.57. The molecule has 0 radical (unpaired) electrons. The summed E-state index contributed by atoms with van der Waals surface area (Å²) >= 11 is 0. The van der Waals surface area contributed by atoms with Crippen LogP contribution in [-0.2, 0) is 9.47 Å². The SMILES string of the molecule is COC1CNN=C(C)O1. The van der Waals surface area contributed by atoms with Crippen LogP contribution in [0, 0.1) is 0 Å². The first kappa shape index (κ1) is 6.35. The van der Waals surface area contributed by atoms with Crippen LogP contribution < -0.4 is 5.43 Å². The van der Waals surface area contributed by atoms with Crippen molar-refractivity contribution in [3.8, 4) is 0 Å². The Morgan fingerprint density at radius 3 is 3.11 bits per heavy atom. The summed E-state index contributed by atoms with van der Waals surface area (Å²) in [5, 5.41) is 3.79. The summed E-state index contributed by atoms with van der Waals surface area (Å²) in [6, 6.07) is 0. The van der Waals surface area contributed by atoms with E-state index < -0.39 is 0 Å². The largest absolute Gasteiger partial charge is 0.448 e. The van der Waals surface area contributed by atoms with Gasteiger partial charge in [-0.2, -0.15) is 0 Å².